The molecule has 1 aliphatic rings. The number of hydrogen-bond donors (Lipinski definition) is 0. The van der Waals surface area contributed by atoms with Crippen molar-refractivity contribution in [2.45, 2.75) is 62.4 Å². The molecule has 0 N–H and O–H groups in total. The van der Waals surface area contributed by atoms with E-state index in [4.69, 9.17) is 4.52 Å². The molecule has 0 aliphatic carbocycles. The largest absolute Gasteiger partial charge is 0.307 e. The van der Waals surface area contributed by atoms with Crippen LogP contribution in [0.15, 0.2) is 152 Å². The minimum absolute atomic E-state index is 0.0212. The van der Waals surface area contributed by atoms with Gasteiger partial charge in [-0.1, -0.05) is 178 Å². The standard InChI is InChI=1S/C40H44NO2PSi/c1-31(33-21-11-6-12-22-33)39(45(3,4)5)44(42)41(32(2)38(43-44)34-23-13-7-14-24-34)40(35-25-15-8-16-26-35,36-27-17-9-18-28-36)37-29-19-10-20-30-37/h6-32,38-39H,1-5H3/t31-,32+,38+,39?,44?/m1/s1. The maximum atomic E-state index is 16.8. The zero-order valence-corrected chi connectivity index (χ0v) is 28.8. The van der Waals surface area contributed by atoms with Gasteiger partial charge in [0.05, 0.1) is 13.4 Å². The molecule has 0 bridgehead atoms. The highest BCUT2D eigenvalue weighted by Crippen LogP contribution is 2.74. The second-order valence-electron chi connectivity index (χ2n) is 13.4. The van der Waals surface area contributed by atoms with Gasteiger partial charge in [0.2, 0.25) is 0 Å². The number of nitrogens with zero attached hydrogens (tertiary/aromatic N) is 1. The molecular formula is C40H44NO2PSi. The highest BCUT2D eigenvalue weighted by atomic mass is 31.2. The van der Waals surface area contributed by atoms with Gasteiger partial charge in [-0.25, -0.2) is 4.67 Å². The molecule has 0 aromatic heterocycles. The van der Waals surface area contributed by atoms with Gasteiger partial charge in [-0.05, 0) is 40.7 Å². The van der Waals surface area contributed by atoms with Crippen LogP contribution < -0.4 is 0 Å². The average Bonchev–Trinajstić information content (AvgIpc) is 3.33. The van der Waals surface area contributed by atoms with Crippen molar-refractivity contribution in [2.24, 2.45) is 0 Å². The Morgan fingerprint density at radius 1 is 0.644 bits per heavy atom. The fraction of sp³-hybridized carbons (Fsp3) is 0.250. The summed E-state index contributed by atoms with van der Waals surface area (Å²) < 4.78 is 26.4. The minimum Gasteiger partial charge on any atom is -0.307 e. The lowest BCUT2D eigenvalue weighted by Crippen LogP contribution is -2.53. The van der Waals surface area contributed by atoms with Gasteiger partial charge in [-0.3, -0.25) is 4.57 Å². The lowest BCUT2D eigenvalue weighted by molar-refractivity contribution is 0.177. The topological polar surface area (TPSA) is 29.5 Å². The van der Waals surface area contributed by atoms with Gasteiger partial charge in [-0.15, -0.1) is 0 Å². The quantitative estimate of drug-likeness (QED) is 0.0923. The maximum absolute atomic E-state index is 16.8. The van der Waals surface area contributed by atoms with E-state index in [9.17, 15) is 0 Å². The van der Waals surface area contributed by atoms with E-state index >= 15 is 4.57 Å². The fourth-order valence-corrected chi connectivity index (χ4v) is 17.2. The van der Waals surface area contributed by atoms with Gasteiger partial charge in [0.15, 0.2) is 0 Å². The highest BCUT2D eigenvalue weighted by molar-refractivity contribution is 7.60. The van der Waals surface area contributed by atoms with Gasteiger partial charge >= 0.3 is 0 Å². The van der Waals surface area contributed by atoms with Crippen LogP contribution in [0.1, 0.15) is 53.7 Å². The van der Waals surface area contributed by atoms with Crippen molar-refractivity contribution in [3.8, 4) is 0 Å². The van der Waals surface area contributed by atoms with Crippen LogP contribution in [-0.4, -0.2) is 24.1 Å². The molecule has 0 radical (unpaired) electrons. The van der Waals surface area contributed by atoms with Crippen LogP contribution in [0, 0.1) is 0 Å². The molecule has 1 fully saturated rings. The Morgan fingerprint density at radius 2 is 1.02 bits per heavy atom. The van der Waals surface area contributed by atoms with Crippen LogP contribution >= 0.6 is 7.52 Å². The Labute approximate surface area is 270 Å². The lowest BCUT2D eigenvalue weighted by atomic mass is 9.76. The van der Waals surface area contributed by atoms with Gasteiger partial charge in [0.25, 0.3) is 7.52 Å². The molecule has 5 aromatic rings. The van der Waals surface area contributed by atoms with E-state index in [1.807, 2.05) is 6.07 Å². The van der Waals surface area contributed by atoms with E-state index < -0.39 is 21.1 Å². The van der Waals surface area contributed by atoms with Crippen molar-refractivity contribution in [2.75, 3.05) is 0 Å². The average molecular weight is 630 g/mol. The van der Waals surface area contributed by atoms with Gasteiger partial charge in [0, 0.05) is 6.04 Å². The molecule has 5 atom stereocenters. The lowest BCUT2D eigenvalue weighted by Gasteiger charge is -2.50. The summed E-state index contributed by atoms with van der Waals surface area (Å²) in [5.74, 6) is 0.0212. The predicted octanol–water partition coefficient (Wildman–Crippen LogP) is 10.7. The molecule has 0 saturated carbocycles. The molecule has 3 nitrogen and oxygen atoms in total. The summed E-state index contributed by atoms with van der Waals surface area (Å²) >= 11 is 0. The van der Waals surface area contributed by atoms with Gasteiger partial charge in [0.1, 0.15) is 11.6 Å². The van der Waals surface area contributed by atoms with E-state index in [-0.39, 0.29) is 23.3 Å². The summed E-state index contributed by atoms with van der Waals surface area (Å²) in [4.78, 5) is 0. The molecule has 45 heavy (non-hydrogen) atoms. The Kier molecular flexibility index (Phi) is 8.87. The maximum Gasteiger partial charge on any atom is 0.275 e. The third-order valence-electron chi connectivity index (χ3n) is 9.47. The molecule has 230 valence electrons. The van der Waals surface area contributed by atoms with E-state index in [1.165, 1.54) is 5.56 Å². The third-order valence-corrected chi connectivity index (χ3v) is 18.0. The molecule has 1 heterocycles. The number of benzene rings is 5. The van der Waals surface area contributed by atoms with E-state index in [0.29, 0.717) is 0 Å². The smallest absolute Gasteiger partial charge is 0.275 e. The molecule has 2 unspecified atom stereocenters. The van der Waals surface area contributed by atoms with E-state index in [2.05, 4.69) is 184 Å². The molecule has 6 rings (SSSR count). The van der Waals surface area contributed by atoms with Crippen molar-refractivity contribution in [1.29, 1.82) is 0 Å². The highest BCUT2D eigenvalue weighted by Gasteiger charge is 2.64. The molecule has 0 spiro atoms. The summed E-state index contributed by atoms with van der Waals surface area (Å²) in [5, 5.41) is -0.181. The molecule has 0 amide bonds. The second kappa shape index (κ2) is 12.7. The fourth-order valence-electron chi connectivity index (χ4n) is 7.78. The van der Waals surface area contributed by atoms with Crippen LogP contribution in [0.25, 0.3) is 0 Å². The van der Waals surface area contributed by atoms with Crippen molar-refractivity contribution in [3.05, 3.63) is 179 Å². The van der Waals surface area contributed by atoms with Crippen molar-refractivity contribution < 1.29 is 9.09 Å². The van der Waals surface area contributed by atoms with Crippen molar-refractivity contribution >= 4 is 15.6 Å². The zero-order chi connectivity index (χ0) is 31.7. The first-order valence-electron chi connectivity index (χ1n) is 16.0. The SMILES string of the molecule is C[C@H](c1ccccc1)C([Si](C)(C)C)P1(=O)O[C@H](c2ccccc2)[C@H](C)N1C(c1ccccc1)(c1ccccc1)c1ccccc1. The Bertz CT molecular complexity index is 1630. The Balaban J connectivity index is 1.72. The summed E-state index contributed by atoms with van der Waals surface area (Å²) in [7, 11) is -5.82. The van der Waals surface area contributed by atoms with Crippen LogP contribution in [0.2, 0.25) is 19.6 Å². The summed E-state index contributed by atoms with van der Waals surface area (Å²) in [5.41, 5.74) is 4.61. The molecule has 5 aromatic carbocycles. The van der Waals surface area contributed by atoms with E-state index in [1.54, 1.807) is 0 Å². The first-order valence-corrected chi connectivity index (χ1v) is 21.3. The van der Waals surface area contributed by atoms with Crippen LogP contribution in [-0.2, 0) is 14.6 Å². The normalized spacial score (nSPS) is 22.2. The van der Waals surface area contributed by atoms with Crippen LogP contribution in [0.5, 0.6) is 0 Å². The van der Waals surface area contributed by atoms with Crippen molar-refractivity contribution in [1.82, 2.24) is 4.67 Å². The van der Waals surface area contributed by atoms with Crippen molar-refractivity contribution in [3.63, 3.8) is 0 Å². The Hall–Kier alpha value is -3.53. The Morgan fingerprint density at radius 3 is 1.42 bits per heavy atom. The molecular weight excluding hydrogens is 586 g/mol. The molecule has 1 aliphatic heterocycles. The zero-order valence-electron chi connectivity index (χ0n) is 27.0. The first kappa shape index (κ1) is 31.4. The van der Waals surface area contributed by atoms with E-state index in [0.717, 1.165) is 22.3 Å². The first-order chi connectivity index (χ1) is 21.7. The van der Waals surface area contributed by atoms with Gasteiger partial charge in [-0.2, -0.15) is 0 Å². The second-order valence-corrected chi connectivity index (χ2v) is 21.6. The van der Waals surface area contributed by atoms with Crippen LogP contribution in [0.3, 0.4) is 0 Å². The summed E-state index contributed by atoms with van der Waals surface area (Å²) in [6, 6.07) is 52.7. The summed E-state index contributed by atoms with van der Waals surface area (Å²) in [6.07, 6.45) is -0.366. The predicted molar refractivity (Wildman–Crippen MR) is 190 cm³/mol. The minimum atomic E-state index is -3.63. The molecule has 1 saturated heterocycles. The van der Waals surface area contributed by atoms with Gasteiger partial charge < -0.3 is 4.52 Å². The number of rotatable bonds is 9. The monoisotopic (exact) mass is 629 g/mol. The van der Waals surface area contributed by atoms with Crippen LogP contribution in [0.4, 0.5) is 0 Å². The summed E-state index contributed by atoms with van der Waals surface area (Å²) in [6.45, 7) is 11.5. The third kappa shape index (κ3) is 5.59. The number of hydrogen-bond acceptors (Lipinski definition) is 2. The molecule has 5 heteroatoms.